The van der Waals surface area contributed by atoms with Crippen molar-refractivity contribution in [1.29, 1.82) is 0 Å². The number of rotatable bonds is 0. The van der Waals surface area contributed by atoms with Crippen molar-refractivity contribution in [2.45, 2.75) is 5.50 Å². The fraction of sp³-hybridized carbons (Fsp3) is 0.667. The van der Waals surface area contributed by atoms with Gasteiger partial charge in [0.15, 0.2) is 4.50 Å². The molecule has 4 heteroatoms. The van der Waals surface area contributed by atoms with Crippen molar-refractivity contribution in [1.82, 2.24) is 0 Å². The highest BCUT2D eigenvalue weighted by Gasteiger charge is 2.11. The number of aliphatic imine (C=N–C) groups is 1. The third kappa shape index (κ3) is 1.52. The molecule has 0 N–H and O–H groups in total. The lowest BCUT2D eigenvalue weighted by atomic mass is 10.8. The normalized spacial score (nSPS) is 30.6. The quantitative estimate of drug-likeness (QED) is 0.385. The molecule has 0 aromatic heterocycles. The molecule has 0 fully saturated rings. The summed E-state index contributed by atoms with van der Waals surface area (Å²) >= 11 is 12.4. The van der Waals surface area contributed by atoms with E-state index in [-0.39, 0.29) is 5.50 Å². The van der Waals surface area contributed by atoms with E-state index in [0.29, 0.717) is 4.50 Å². The SMILES string of the molecule is ClC1=NC(Cl)CS1. The van der Waals surface area contributed by atoms with Gasteiger partial charge in [-0.25, -0.2) is 4.99 Å². The van der Waals surface area contributed by atoms with Crippen LogP contribution >= 0.6 is 35.0 Å². The van der Waals surface area contributed by atoms with Gasteiger partial charge in [-0.05, 0) is 0 Å². The zero-order valence-electron chi connectivity index (χ0n) is 3.40. The summed E-state index contributed by atoms with van der Waals surface area (Å²) in [6, 6.07) is 0. The van der Waals surface area contributed by atoms with Gasteiger partial charge in [0.25, 0.3) is 0 Å². The van der Waals surface area contributed by atoms with Gasteiger partial charge in [0, 0.05) is 5.75 Å². The highest BCUT2D eigenvalue weighted by atomic mass is 35.5. The van der Waals surface area contributed by atoms with Gasteiger partial charge in [0.1, 0.15) is 5.50 Å². The van der Waals surface area contributed by atoms with Gasteiger partial charge in [-0.2, -0.15) is 0 Å². The number of hydrogen-bond donors (Lipinski definition) is 0. The van der Waals surface area contributed by atoms with Crippen molar-refractivity contribution < 1.29 is 0 Å². The van der Waals surface area contributed by atoms with Crippen LogP contribution in [0.2, 0.25) is 0 Å². The molecule has 1 rings (SSSR count). The second kappa shape index (κ2) is 2.25. The van der Waals surface area contributed by atoms with E-state index in [0.717, 1.165) is 5.75 Å². The Kier molecular flexibility index (Phi) is 1.84. The first-order valence-electron chi connectivity index (χ1n) is 1.79. The highest BCUT2D eigenvalue weighted by Crippen LogP contribution is 2.21. The molecule has 1 aliphatic rings. The summed E-state index contributed by atoms with van der Waals surface area (Å²) in [5.41, 5.74) is -0.0856. The van der Waals surface area contributed by atoms with Gasteiger partial charge in [-0.1, -0.05) is 35.0 Å². The first kappa shape index (κ1) is 5.73. The maximum absolute atomic E-state index is 5.51. The molecule has 0 saturated carbocycles. The van der Waals surface area contributed by atoms with Crippen molar-refractivity contribution in [2.24, 2.45) is 4.99 Å². The second-order valence-corrected chi connectivity index (χ2v) is 3.22. The van der Waals surface area contributed by atoms with Gasteiger partial charge in [0.05, 0.1) is 0 Å². The van der Waals surface area contributed by atoms with Gasteiger partial charge < -0.3 is 0 Å². The molecule has 7 heavy (non-hydrogen) atoms. The molecule has 1 aliphatic heterocycles. The maximum Gasteiger partial charge on any atom is 0.159 e. The molecule has 1 atom stereocenters. The molecule has 0 amide bonds. The van der Waals surface area contributed by atoms with Gasteiger partial charge in [-0.15, -0.1) is 0 Å². The minimum absolute atomic E-state index is 0.0856. The minimum Gasteiger partial charge on any atom is -0.247 e. The van der Waals surface area contributed by atoms with Crippen LogP contribution in [0.25, 0.3) is 0 Å². The monoisotopic (exact) mass is 155 g/mol. The topological polar surface area (TPSA) is 12.4 Å². The van der Waals surface area contributed by atoms with E-state index in [9.17, 15) is 0 Å². The summed E-state index contributed by atoms with van der Waals surface area (Å²) in [5.74, 6) is 0.820. The zero-order chi connectivity index (χ0) is 5.28. The molecule has 40 valence electrons. The fourth-order valence-corrected chi connectivity index (χ4v) is 1.57. The van der Waals surface area contributed by atoms with E-state index in [1.165, 1.54) is 11.8 Å². The standard InChI is InChI=1S/C3H3Cl2NS/c4-2-1-7-3(5)6-2/h2H,1H2. The lowest BCUT2D eigenvalue weighted by molar-refractivity contribution is 1.07. The Balaban J connectivity index is 2.50. The van der Waals surface area contributed by atoms with Crippen LogP contribution in [0.1, 0.15) is 0 Å². The molecule has 1 heterocycles. The lowest BCUT2D eigenvalue weighted by Gasteiger charge is -1.84. The highest BCUT2D eigenvalue weighted by molar-refractivity contribution is 8.17. The Morgan fingerprint density at radius 3 is 2.71 bits per heavy atom. The van der Waals surface area contributed by atoms with Crippen LogP contribution in [0.5, 0.6) is 0 Å². The summed E-state index contributed by atoms with van der Waals surface area (Å²) in [7, 11) is 0. The first-order valence-corrected chi connectivity index (χ1v) is 3.59. The van der Waals surface area contributed by atoms with E-state index in [1.54, 1.807) is 0 Å². The van der Waals surface area contributed by atoms with Crippen LogP contribution in [0.15, 0.2) is 4.99 Å². The van der Waals surface area contributed by atoms with Crippen molar-refractivity contribution >= 4 is 39.5 Å². The zero-order valence-corrected chi connectivity index (χ0v) is 5.72. The Morgan fingerprint density at radius 2 is 2.57 bits per heavy atom. The van der Waals surface area contributed by atoms with Crippen molar-refractivity contribution in [3.63, 3.8) is 0 Å². The van der Waals surface area contributed by atoms with E-state index in [4.69, 9.17) is 23.2 Å². The van der Waals surface area contributed by atoms with E-state index >= 15 is 0 Å². The predicted octanol–water partition coefficient (Wildman–Crippen LogP) is 1.89. The van der Waals surface area contributed by atoms with Gasteiger partial charge in [0.2, 0.25) is 0 Å². The van der Waals surface area contributed by atoms with E-state index in [1.807, 2.05) is 0 Å². The van der Waals surface area contributed by atoms with Crippen LogP contribution in [0, 0.1) is 0 Å². The Morgan fingerprint density at radius 1 is 1.86 bits per heavy atom. The minimum atomic E-state index is -0.0856. The molecule has 0 aromatic rings. The Bertz CT molecular complexity index is 103. The average molecular weight is 156 g/mol. The smallest absolute Gasteiger partial charge is 0.159 e. The largest absolute Gasteiger partial charge is 0.247 e. The molecular formula is C3H3Cl2NS. The van der Waals surface area contributed by atoms with E-state index < -0.39 is 0 Å². The van der Waals surface area contributed by atoms with Crippen LogP contribution < -0.4 is 0 Å². The molecule has 1 unspecified atom stereocenters. The molecule has 0 spiro atoms. The number of halogens is 2. The molecule has 1 nitrogen and oxygen atoms in total. The Labute approximate surface area is 56.1 Å². The van der Waals surface area contributed by atoms with Gasteiger partial charge in [-0.3, -0.25) is 0 Å². The van der Waals surface area contributed by atoms with Crippen molar-refractivity contribution in [2.75, 3.05) is 5.75 Å². The molecule has 0 radical (unpaired) electrons. The van der Waals surface area contributed by atoms with Crippen molar-refractivity contribution in [3.8, 4) is 0 Å². The number of nitrogens with zero attached hydrogens (tertiary/aromatic N) is 1. The van der Waals surface area contributed by atoms with Crippen molar-refractivity contribution in [3.05, 3.63) is 0 Å². The predicted molar refractivity (Wildman–Crippen MR) is 35.4 cm³/mol. The summed E-state index contributed by atoms with van der Waals surface area (Å²) in [6.07, 6.45) is 0. The number of hydrogen-bond acceptors (Lipinski definition) is 2. The maximum atomic E-state index is 5.51. The fourth-order valence-electron chi connectivity index (χ4n) is 0.322. The molecular weight excluding hydrogens is 153 g/mol. The van der Waals surface area contributed by atoms with Crippen LogP contribution in [-0.4, -0.2) is 15.8 Å². The molecule has 0 aromatic carbocycles. The van der Waals surface area contributed by atoms with Crippen LogP contribution in [-0.2, 0) is 0 Å². The molecule has 0 aliphatic carbocycles. The summed E-state index contributed by atoms with van der Waals surface area (Å²) < 4.78 is 0.583. The first-order chi connectivity index (χ1) is 3.29. The van der Waals surface area contributed by atoms with E-state index in [2.05, 4.69) is 4.99 Å². The van der Waals surface area contributed by atoms with Gasteiger partial charge >= 0.3 is 0 Å². The lowest BCUT2D eigenvalue weighted by Crippen LogP contribution is -1.87. The third-order valence-corrected chi connectivity index (χ3v) is 2.27. The third-order valence-electron chi connectivity index (χ3n) is 0.582. The number of alkyl halides is 1. The van der Waals surface area contributed by atoms with Crippen LogP contribution in [0.3, 0.4) is 0 Å². The second-order valence-electron chi connectivity index (χ2n) is 1.13. The molecule has 0 saturated heterocycles. The summed E-state index contributed by atoms with van der Waals surface area (Å²) in [4.78, 5) is 3.80. The molecule has 0 bridgehead atoms. The Hall–Kier alpha value is 0.600. The number of thioether (sulfide) groups is 1. The summed E-state index contributed by atoms with van der Waals surface area (Å²) in [5, 5.41) is 0. The average Bonchev–Trinajstić information content (AvgIpc) is 1.87. The van der Waals surface area contributed by atoms with Crippen LogP contribution in [0.4, 0.5) is 0 Å². The summed E-state index contributed by atoms with van der Waals surface area (Å²) in [6.45, 7) is 0.